The zero-order valence-corrected chi connectivity index (χ0v) is 62.4. The molecular formula is C86H131N7. The van der Waals surface area contributed by atoms with Crippen LogP contribution in [0.2, 0.25) is 0 Å². The fourth-order valence-electron chi connectivity index (χ4n) is 8.52. The van der Waals surface area contributed by atoms with E-state index in [2.05, 4.69) is 390 Å². The minimum absolute atomic E-state index is 0.561. The van der Waals surface area contributed by atoms with Crippen molar-refractivity contribution in [2.24, 2.45) is 5.92 Å². The summed E-state index contributed by atoms with van der Waals surface area (Å²) in [7, 11) is 0. The van der Waals surface area contributed by atoms with Crippen molar-refractivity contribution in [3.8, 4) is 0 Å². The Balaban J connectivity index is 0.000000532. The summed E-state index contributed by atoms with van der Waals surface area (Å²) < 4.78 is 0. The summed E-state index contributed by atoms with van der Waals surface area (Å²) in [5.74, 6) is 0.766. The molecule has 0 saturated heterocycles. The number of aryl methyl sites for hydroxylation is 6. The van der Waals surface area contributed by atoms with Crippen molar-refractivity contribution in [1.29, 1.82) is 0 Å². The topological polar surface area (TPSA) is 84.2 Å². The molecule has 0 atom stereocenters. The second kappa shape index (κ2) is 51.8. The first kappa shape index (κ1) is 84.5. The molecule has 0 fully saturated rings. The summed E-state index contributed by atoms with van der Waals surface area (Å²) >= 11 is 0. The van der Waals surface area contributed by atoms with Crippen LogP contribution in [0.5, 0.6) is 0 Å². The lowest BCUT2D eigenvalue weighted by Crippen LogP contribution is -2.21. The van der Waals surface area contributed by atoms with E-state index in [4.69, 9.17) is 0 Å². The molecular weight excluding hydrogens is 1130 g/mol. The Morgan fingerprint density at radius 2 is 0.387 bits per heavy atom. The van der Waals surface area contributed by atoms with Gasteiger partial charge in [-0.15, -0.1) is 0 Å². The number of rotatable bonds is 23. The van der Waals surface area contributed by atoms with E-state index in [1.807, 2.05) is 6.07 Å². The first-order valence-corrected chi connectivity index (χ1v) is 34.7. The highest BCUT2D eigenvalue weighted by Crippen LogP contribution is 2.10. The Labute approximate surface area is 571 Å². The molecule has 8 aromatic carbocycles. The summed E-state index contributed by atoms with van der Waals surface area (Å²) in [5, 5.41) is 23.7. The summed E-state index contributed by atoms with van der Waals surface area (Å²) in [4.78, 5) is 0. The summed E-state index contributed by atoms with van der Waals surface area (Å²) in [6, 6.07) is 76.7. The second-order valence-corrected chi connectivity index (χ2v) is 27.2. The van der Waals surface area contributed by atoms with Crippen LogP contribution in [0.1, 0.15) is 189 Å². The standard InChI is InChI=1S/6C11H17N.C10H15N.C10H14/c3*1-9(2)12-8-11-6-4-10(3)5-7-11;3*1-9(2)12-8-11-6-4-5-10(3)7-11;1-9(2)11-8-10-6-4-3-5-7-10;1-9(2)8-10-6-4-3-5-7-10/h6*4-7,9,12H,8H2,1-3H3;3-7,9,11H,8H2,1-2H3;3-7,9H,8H2,1-2H3. The third kappa shape index (κ3) is 50.6. The predicted molar refractivity (Wildman–Crippen MR) is 412 cm³/mol. The molecule has 7 heteroatoms. The quantitative estimate of drug-likeness (QED) is 0.0344. The summed E-state index contributed by atoms with van der Waals surface area (Å²) in [5.41, 5.74) is 18.9. The molecule has 0 aromatic heterocycles. The Morgan fingerprint density at radius 1 is 0.194 bits per heavy atom. The van der Waals surface area contributed by atoms with Gasteiger partial charge in [0.1, 0.15) is 0 Å². The highest BCUT2D eigenvalue weighted by atomic mass is 14.9. The molecule has 0 unspecified atom stereocenters. The van der Waals surface area contributed by atoms with E-state index in [-0.39, 0.29) is 0 Å². The Hall–Kier alpha value is -6.52. The fourth-order valence-corrected chi connectivity index (χ4v) is 8.52. The van der Waals surface area contributed by atoms with Crippen molar-refractivity contribution in [1.82, 2.24) is 37.2 Å². The fraction of sp³-hybridized carbons (Fsp3) is 0.442. The Kier molecular flexibility index (Phi) is 47.1. The molecule has 0 amide bonds. The maximum absolute atomic E-state index is 3.39. The van der Waals surface area contributed by atoms with Gasteiger partial charge in [-0.1, -0.05) is 350 Å². The third-order valence-electron chi connectivity index (χ3n) is 13.9. The van der Waals surface area contributed by atoms with Gasteiger partial charge in [0.25, 0.3) is 0 Å². The molecule has 0 bridgehead atoms. The van der Waals surface area contributed by atoms with Gasteiger partial charge in [-0.25, -0.2) is 0 Å². The van der Waals surface area contributed by atoms with Crippen molar-refractivity contribution < 1.29 is 0 Å². The predicted octanol–water partition coefficient (Wildman–Crippen LogP) is 20.0. The lowest BCUT2D eigenvalue weighted by atomic mass is 10.0. The van der Waals surface area contributed by atoms with Crippen LogP contribution in [0.3, 0.4) is 0 Å². The van der Waals surface area contributed by atoms with Crippen LogP contribution in [0.4, 0.5) is 0 Å². The minimum atomic E-state index is 0.561. The van der Waals surface area contributed by atoms with E-state index in [1.54, 1.807) is 0 Å². The number of hydrogen-bond donors (Lipinski definition) is 7. The lowest BCUT2D eigenvalue weighted by molar-refractivity contribution is 0.588. The van der Waals surface area contributed by atoms with Crippen molar-refractivity contribution in [2.75, 3.05) is 0 Å². The van der Waals surface area contributed by atoms with Gasteiger partial charge in [0.15, 0.2) is 0 Å². The molecule has 0 saturated carbocycles. The van der Waals surface area contributed by atoms with Gasteiger partial charge in [0, 0.05) is 88.1 Å². The molecule has 0 aliphatic heterocycles. The minimum Gasteiger partial charge on any atom is -0.310 e. The first-order valence-electron chi connectivity index (χ1n) is 34.7. The molecule has 7 nitrogen and oxygen atoms in total. The van der Waals surface area contributed by atoms with E-state index in [0.29, 0.717) is 42.3 Å². The van der Waals surface area contributed by atoms with Gasteiger partial charge in [0.2, 0.25) is 0 Å². The van der Waals surface area contributed by atoms with E-state index < -0.39 is 0 Å². The second-order valence-electron chi connectivity index (χ2n) is 27.2. The largest absolute Gasteiger partial charge is 0.310 e. The molecule has 0 spiro atoms. The molecule has 0 radical (unpaired) electrons. The summed E-state index contributed by atoms with van der Waals surface area (Å²) in [6.07, 6.45) is 1.20. The van der Waals surface area contributed by atoms with Crippen LogP contribution in [-0.2, 0) is 52.2 Å². The molecule has 510 valence electrons. The van der Waals surface area contributed by atoms with Crippen LogP contribution < -0.4 is 37.2 Å². The van der Waals surface area contributed by atoms with Crippen molar-refractivity contribution in [2.45, 2.75) is 247 Å². The van der Waals surface area contributed by atoms with Crippen molar-refractivity contribution in [3.63, 3.8) is 0 Å². The maximum Gasteiger partial charge on any atom is 0.0207 e. The van der Waals surface area contributed by atoms with Crippen LogP contribution in [0.15, 0.2) is 206 Å². The van der Waals surface area contributed by atoms with Crippen LogP contribution in [0.25, 0.3) is 0 Å². The SMILES string of the molecule is CC(C)Cc1ccccc1.CC(C)NCc1ccccc1.Cc1ccc(CNC(C)C)cc1.Cc1ccc(CNC(C)C)cc1.Cc1ccc(CNC(C)C)cc1.Cc1cccc(CNC(C)C)c1.Cc1cccc(CNC(C)C)c1.Cc1cccc(CNC(C)C)c1. The maximum atomic E-state index is 3.39. The normalized spacial score (nSPS) is 10.6. The van der Waals surface area contributed by atoms with Crippen molar-refractivity contribution >= 4 is 0 Å². The molecule has 0 aliphatic carbocycles. The van der Waals surface area contributed by atoms with Gasteiger partial charge < -0.3 is 37.2 Å². The molecule has 93 heavy (non-hydrogen) atoms. The van der Waals surface area contributed by atoms with Gasteiger partial charge in [-0.2, -0.15) is 0 Å². The first-order chi connectivity index (χ1) is 44.2. The van der Waals surface area contributed by atoms with Crippen LogP contribution in [-0.4, -0.2) is 42.3 Å². The van der Waals surface area contributed by atoms with Crippen LogP contribution in [0, 0.1) is 47.5 Å². The van der Waals surface area contributed by atoms with Gasteiger partial charge in [0.05, 0.1) is 0 Å². The molecule has 7 N–H and O–H groups in total. The van der Waals surface area contributed by atoms with Crippen molar-refractivity contribution in [3.05, 3.63) is 284 Å². The monoisotopic (exact) mass is 1260 g/mol. The number of benzene rings is 8. The third-order valence-corrected chi connectivity index (χ3v) is 13.9. The summed E-state index contributed by atoms with van der Waals surface area (Å²) in [6.45, 7) is 54.2. The zero-order valence-electron chi connectivity index (χ0n) is 62.4. The Morgan fingerprint density at radius 3 is 0.591 bits per heavy atom. The van der Waals surface area contributed by atoms with Gasteiger partial charge in [-0.3, -0.25) is 0 Å². The number of nitrogens with one attached hydrogen (secondary N) is 7. The van der Waals surface area contributed by atoms with E-state index >= 15 is 0 Å². The Bertz CT molecular complexity index is 2740. The van der Waals surface area contributed by atoms with Gasteiger partial charge >= 0.3 is 0 Å². The highest BCUT2D eigenvalue weighted by molar-refractivity contribution is 5.26. The lowest BCUT2D eigenvalue weighted by Gasteiger charge is -2.08. The van der Waals surface area contributed by atoms with E-state index in [9.17, 15) is 0 Å². The average molecular weight is 1260 g/mol. The highest BCUT2D eigenvalue weighted by Gasteiger charge is 2.00. The average Bonchev–Trinajstić information content (AvgIpc) is 3.72. The zero-order chi connectivity index (χ0) is 69.3. The molecule has 8 aromatic rings. The smallest absolute Gasteiger partial charge is 0.0207 e. The number of hydrogen-bond acceptors (Lipinski definition) is 7. The molecule has 0 heterocycles. The molecule has 0 aliphatic rings. The van der Waals surface area contributed by atoms with E-state index in [0.717, 1.165) is 51.7 Å². The van der Waals surface area contributed by atoms with E-state index in [1.165, 1.54) is 84.3 Å². The van der Waals surface area contributed by atoms with Crippen LogP contribution >= 0.6 is 0 Å². The molecule has 8 rings (SSSR count). The van der Waals surface area contributed by atoms with Gasteiger partial charge in [-0.05, 0) is 98.4 Å².